The highest BCUT2D eigenvalue weighted by Gasteiger charge is 2.17. The molecule has 0 saturated carbocycles. The van der Waals surface area contributed by atoms with Crippen molar-refractivity contribution in [2.45, 2.75) is 13.5 Å². The highest BCUT2D eigenvalue weighted by atomic mass is 32.1. The lowest BCUT2D eigenvalue weighted by atomic mass is 10.2. The van der Waals surface area contributed by atoms with Crippen molar-refractivity contribution >= 4 is 22.9 Å². The van der Waals surface area contributed by atoms with Gasteiger partial charge < -0.3 is 19.5 Å². The summed E-state index contributed by atoms with van der Waals surface area (Å²) in [4.78, 5) is 17.5. The summed E-state index contributed by atoms with van der Waals surface area (Å²) in [5.41, 5.74) is 1.14. The molecule has 0 radical (unpaired) electrons. The maximum absolute atomic E-state index is 12.9. The van der Waals surface area contributed by atoms with E-state index in [4.69, 9.17) is 14.2 Å². The Labute approximate surface area is 165 Å². The average Bonchev–Trinajstić information content (AvgIpc) is 3.08. The third kappa shape index (κ3) is 4.58. The van der Waals surface area contributed by atoms with Gasteiger partial charge in [-0.15, -0.1) is 11.3 Å². The van der Waals surface area contributed by atoms with E-state index in [2.05, 4.69) is 10.3 Å². The van der Waals surface area contributed by atoms with Crippen molar-refractivity contribution < 1.29 is 23.4 Å². The Morgan fingerprint density at radius 3 is 2.50 bits per heavy atom. The quantitative estimate of drug-likeness (QED) is 0.633. The molecule has 8 heteroatoms. The number of halogens is 1. The SMILES string of the molecule is COc1ccc(NC(=O)c2sc(COc3ccc(F)cc3)nc2C)c(OC)c1. The fourth-order valence-corrected chi connectivity index (χ4v) is 3.35. The first-order valence-electron chi connectivity index (χ1n) is 8.38. The molecule has 0 unspecified atom stereocenters. The highest BCUT2D eigenvalue weighted by molar-refractivity contribution is 7.13. The second-order valence-corrected chi connectivity index (χ2v) is 6.87. The molecule has 2 aromatic carbocycles. The number of aryl methyl sites for hydroxylation is 1. The van der Waals surface area contributed by atoms with Crippen molar-refractivity contribution in [3.8, 4) is 17.2 Å². The molecular formula is C20H19FN2O4S. The van der Waals surface area contributed by atoms with Crippen LogP contribution in [0.5, 0.6) is 17.2 Å². The molecule has 0 aliphatic rings. The van der Waals surface area contributed by atoms with E-state index in [0.29, 0.717) is 38.5 Å². The smallest absolute Gasteiger partial charge is 0.267 e. The summed E-state index contributed by atoms with van der Waals surface area (Å²) in [5.74, 6) is 1.04. The van der Waals surface area contributed by atoms with Gasteiger partial charge in [-0.2, -0.15) is 0 Å². The Hall–Kier alpha value is -3.13. The van der Waals surface area contributed by atoms with Crippen LogP contribution in [0.25, 0.3) is 0 Å². The van der Waals surface area contributed by atoms with Gasteiger partial charge in [0.1, 0.15) is 39.6 Å². The fraction of sp³-hybridized carbons (Fsp3) is 0.200. The molecule has 6 nitrogen and oxygen atoms in total. The van der Waals surface area contributed by atoms with E-state index < -0.39 is 0 Å². The first-order chi connectivity index (χ1) is 13.5. The lowest BCUT2D eigenvalue weighted by Gasteiger charge is -2.11. The monoisotopic (exact) mass is 402 g/mol. The third-order valence-electron chi connectivity index (χ3n) is 3.88. The van der Waals surface area contributed by atoms with Gasteiger partial charge >= 0.3 is 0 Å². The van der Waals surface area contributed by atoms with Gasteiger partial charge in [0, 0.05) is 6.07 Å². The molecule has 3 aromatic rings. The van der Waals surface area contributed by atoms with Crippen LogP contribution in [0.4, 0.5) is 10.1 Å². The van der Waals surface area contributed by atoms with Crippen LogP contribution in [-0.2, 0) is 6.61 Å². The average molecular weight is 402 g/mol. The van der Waals surface area contributed by atoms with Crippen LogP contribution in [0.1, 0.15) is 20.4 Å². The van der Waals surface area contributed by atoms with Crippen LogP contribution < -0.4 is 19.5 Å². The number of benzene rings is 2. The lowest BCUT2D eigenvalue weighted by Crippen LogP contribution is -2.12. The van der Waals surface area contributed by atoms with Crippen molar-refractivity contribution in [2.24, 2.45) is 0 Å². The van der Waals surface area contributed by atoms with Crippen molar-refractivity contribution in [3.05, 3.63) is 63.9 Å². The zero-order valence-electron chi connectivity index (χ0n) is 15.6. The highest BCUT2D eigenvalue weighted by Crippen LogP contribution is 2.30. The molecule has 0 aliphatic carbocycles. The van der Waals surface area contributed by atoms with Crippen LogP contribution in [-0.4, -0.2) is 25.1 Å². The predicted octanol–water partition coefficient (Wildman–Crippen LogP) is 4.44. The number of anilines is 1. The Kier molecular flexibility index (Phi) is 6.10. The summed E-state index contributed by atoms with van der Waals surface area (Å²) in [7, 11) is 3.08. The van der Waals surface area contributed by atoms with Gasteiger partial charge in [0.2, 0.25) is 0 Å². The zero-order chi connectivity index (χ0) is 20.1. The number of ether oxygens (including phenoxy) is 3. The Balaban J connectivity index is 1.70. The summed E-state index contributed by atoms with van der Waals surface area (Å²) in [6, 6.07) is 10.9. The summed E-state index contributed by atoms with van der Waals surface area (Å²) >= 11 is 1.24. The minimum atomic E-state index is -0.328. The maximum Gasteiger partial charge on any atom is 0.267 e. The van der Waals surface area contributed by atoms with Crippen LogP contribution in [0, 0.1) is 12.7 Å². The van der Waals surface area contributed by atoms with Crippen LogP contribution in [0.15, 0.2) is 42.5 Å². The number of rotatable bonds is 7. The molecule has 0 aliphatic heterocycles. The molecule has 0 spiro atoms. The van der Waals surface area contributed by atoms with E-state index in [1.165, 1.54) is 30.6 Å². The van der Waals surface area contributed by atoms with Crippen molar-refractivity contribution in [2.75, 3.05) is 19.5 Å². The first-order valence-corrected chi connectivity index (χ1v) is 9.20. The summed E-state index contributed by atoms with van der Waals surface area (Å²) in [6.45, 7) is 1.95. The first kappa shape index (κ1) is 19.6. The molecule has 1 amide bonds. The van der Waals surface area contributed by atoms with Crippen LogP contribution in [0.2, 0.25) is 0 Å². The number of hydrogen-bond acceptors (Lipinski definition) is 6. The zero-order valence-corrected chi connectivity index (χ0v) is 16.4. The van der Waals surface area contributed by atoms with E-state index in [9.17, 15) is 9.18 Å². The molecule has 146 valence electrons. The number of carbonyl (C=O) groups is 1. The number of amides is 1. The number of carbonyl (C=O) groups excluding carboxylic acids is 1. The molecule has 3 rings (SSSR count). The molecule has 1 aromatic heterocycles. The van der Waals surface area contributed by atoms with E-state index in [1.807, 2.05) is 0 Å². The van der Waals surface area contributed by atoms with Gasteiger partial charge in [-0.25, -0.2) is 9.37 Å². The Morgan fingerprint density at radius 2 is 1.82 bits per heavy atom. The minimum absolute atomic E-state index is 0.191. The van der Waals surface area contributed by atoms with E-state index >= 15 is 0 Å². The molecule has 0 bridgehead atoms. The van der Waals surface area contributed by atoms with Gasteiger partial charge in [-0.3, -0.25) is 4.79 Å². The number of aromatic nitrogens is 1. The number of nitrogens with zero attached hydrogens (tertiary/aromatic N) is 1. The number of hydrogen-bond donors (Lipinski definition) is 1. The molecule has 1 heterocycles. The number of nitrogens with one attached hydrogen (secondary N) is 1. The molecule has 0 fully saturated rings. The van der Waals surface area contributed by atoms with Gasteiger partial charge in [0.25, 0.3) is 5.91 Å². The minimum Gasteiger partial charge on any atom is -0.497 e. The van der Waals surface area contributed by atoms with E-state index in [1.54, 1.807) is 44.4 Å². The maximum atomic E-state index is 12.9. The molecule has 0 saturated heterocycles. The fourth-order valence-electron chi connectivity index (χ4n) is 2.48. The van der Waals surface area contributed by atoms with Crippen LogP contribution in [0.3, 0.4) is 0 Å². The van der Waals surface area contributed by atoms with Gasteiger partial charge in [-0.1, -0.05) is 0 Å². The summed E-state index contributed by atoms with van der Waals surface area (Å²) in [5, 5.41) is 3.48. The lowest BCUT2D eigenvalue weighted by molar-refractivity contribution is 0.102. The predicted molar refractivity (Wildman–Crippen MR) is 105 cm³/mol. The largest absolute Gasteiger partial charge is 0.497 e. The van der Waals surface area contributed by atoms with E-state index in [-0.39, 0.29) is 18.3 Å². The van der Waals surface area contributed by atoms with Gasteiger partial charge in [-0.05, 0) is 43.3 Å². The van der Waals surface area contributed by atoms with Crippen molar-refractivity contribution in [3.63, 3.8) is 0 Å². The third-order valence-corrected chi connectivity index (χ3v) is 5.01. The molecule has 0 atom stereocenters. The normalized spacial score (nSPS) is 10.4. The van der Waals surface area contributed by atoms with Crippen molar-refractivity contribution in [1.82, 2.24) is 4.98 Å². The van der Waals surface area contributed by atoms with Gasteiger partial charge in [0.05, 0.1) is 25.6 Å². The summed E-state index contributed by atoms with van der Waals surface area (Å²) < 4.78 is 29.0. The number of methoxy groups -OCH3 is 2. The number of thiazole rings is 1. The molecular weight excluding hydrogens is 383 g/mol. The van der Waals surface area contributed by atoms with E-state index in [0.717, 1.165) is 0 Å². The van der Waals surface area contributed by atoms with Crippen molar-refractivity contribution in [1.29, 1.82) is 0 Å². The van der Waals surface area contributed by atoms with Crippen LogP contribution >= 0.6 is 11.3 Å². The summed E-state index contributed by atoms with van der Waals surface area (Å²) in [6.07, 6.45) is 0. The second-order valence-electron chi connectivity index (χ2n) is 5.79. The second kappa shape index (κ2) is 8.71. The molecule has 1 N–H and O–H groups in total. The Bertz CT molecular complexity index is 973. The Morgan fingerprint density at radius 1 is 1.11 bits per heavy atom. The molecule has 28 heavy (non-hydrogen) atoms. The standard InChI is InChI=1S/C20H19FN2O4S/c1-12-19(20(24)23-16-9-8-15(25-2)10-17(16)26-3)28-18(22-12)11-27-14-6-4-13(21)5-7-14/h4-10H,11H2,1-3H3,(H,23,24). The van der Waals surface area contributed by atoms with Gasteiger partial charge in [0.15, 0.2) is 0 Å². The topological polar surface area (TPSA) is 69.7 Å².